The number of urea groups is 1. The fraction of sp³-hybridized carbons (Fsp3) is 0.583. The van der Waals surface area contributed by atoms with Crippen molar-refractivity contribution >= 4 is 23.4 Å². The van der Waals surface area contributed by atoms with E-state index < -0.39 is 0 Å². The van der Waals surface area contributed by atoms with Gasteiger partial charge >= 0.3 is 6.03 Å². The lowest BCUT2D eigenvalue weighted by atomic mass is 9.91. The Morgan fingerprint density at radius 3 is 2.79 bits per heavy atom. The van der Waals surface area contributed by atoms with E-state index in [-0.39, 0.29) is 16.7 Å². The van der Waals surface area contributed by atoms with E-state index in [1.165, 1.54) is 12.4 Å². The molecular formula is C12H18ClN5O. The van der Waals surface area contributed by atoms with Gasteiger partial charge in [-0.25, -0.2) is 14.8 Å². The fourth-order valence-corrected chi connectivity index (χ4v) is 2.38. The topological polar surface area (TPSA) is 70.2 Å². The van der Waals surface area contributed by atoms with Crippen LogP contribution in [0, 0.1) is 0 Å². The van der Waals surface area contributed by atoms with Crippen molar-refractivity contribution in [1.82, 2.24) is 20.3 Å². The number of halogens is 1. The lowest BCUT2D eigenvalue weighted by Gasteiger charge is -2.42. The van der Waals surface area contributed by atoms with Crippen LogP contribution in [0.1, 0.15) is 33.1 Å². The average Bonchev–Trinajstić information content (AvgIpc) is 2.37. The van der Waals surface area contributed by atoms with Crippen LogP contribution in [0.2, 0.25) is 5.15 Å². The van der Waals surface area contributed by atoms with E-state index in [9.17, 15) is 4.79 Å². The number of likely N-dealkylation sites (tertiary alicyclic amines) is 1. The summed E-state index contributed by atoms with van der Waals surface area (Å²) in [7, 11) is 0. The third-order valence-electron chi connectivity index (χ3n) is 3.34. The maximum absolute atomic E-state index is 12.2. The van der Waals surface area contributed by atoms with Crippen LogP contribution < -0.4 is 10.9 Å². The molecule has 6 nitrogen and oxygen atoms in total. The highest BCUT2D eigenvalue weighted by molar-refractivity contribution is 6.31. The predicted molar refractivity (Wildman–Crippen MR) is 73.8 cm³/mol. The largest absolute Gasteiger partial charge is 0.336 e. The molecule has 0 radical (unpaired) electrons. The molecule has 104 valence electrons. The number of hydrogen-bond acceptors (Lipinski definition) is 4. The van der Waals surface area contributed by atoms with Gasteiger partial charge in [-0.2, -0.15) is 0 Å². The van der Waals surface area contributed by atoms with Gasteiger partial charge in [0.1, 0.15) is 0 Å². The van der Waals surface area contributed by atoms with Crippen LogP contribution in [0.25, 0.3) is 0 Å². The van der Waals surface area contributed by atoms with Crippen molar-refractivity contribution in [2.45, 2.75) is 38.6 Å². The van der Waals surface area contributed by atoms with Gasteiger partial charge in [0.2, 0.25) is 0 Å². The molecule has 0 spiro atoms. The Morgan fingerprint density at radius 2 is 2.11 bits per heavy atom. The Hall–Kier alpha value is -1.56. The molecule has 0 unspecified atom stereocenters. The summed E-state index contributed by atoms with van der Waals surface area (Å²) in [4.78, 5) is 21.9. The molecule has 0 saturated carbocycles. The number of piperidine rings is 1. The number of carbonyl (C=O) groups excluding carboxylic acids is 1. The molecule has 0 atom stereocenters. The Bertz CT molecular complexity index is 465. The minimum Gasteiger partial charge on any atom is -0.318 e. The molecule has 2 amide bonds. The molecule has 19 heavy (non-hydrogen) atoms. The summed E-state index contributed by atoms with van der Waals surface area (Å²) < 4.78 is 0. The molecular weight excluding hydrogens is 266 g/mol. The smallest absolute Gasteiger partial charge is 0.318 e. The van der Waals surface area contributed by atoms with Gasteiger partial charge < -0.3 is 4.90 Å². The molecule has 0 aromatic carbocycles. The van der Waals surface area contributed by atoms with E-state index in [1.807, 2.05) is 4.90 Å². The second-order valence-corrected chi connectivity index (χ2v) is 5.53. The van der Waals surface area contributed by atoms with Crippen LogP contribution in [-0.4, -0.2) is 33.0 Å². The Kier molecular flexibility index (Phi) is 4.09. The van der Waals surface area contributed by atoms with Gasteiger partial charge in [0.05, 0.1) is 0 Å². The van der Waals surface area contributed by atoms with Crippen molar-refractivity contribution in [2.24, 2.45) is 0 Å². The number of rotatable bonds is 2. The number of nitrogens with zero attached hydrogens (tertiary/aromatic N) is 3. The van der Waals surface area contributed by atoms with Gasteiger partial charge in [-0.3, -0.25) is 10.9 Å². The standard InChI is InChI=1S/C12H18ClN5O/c1-12(2)5-3-4-8-18(12)11(19)17-16-10-9(13)14-6-7-15-10/h6-7H,3-5,8H2,1-2H3,(H,15,16)(H,17,19). The fourth-order valence-electron chi connectivity index (χ4n) is 2.23. The molecule has 2 rings (SSSR count). The monoisotopic (exact) mass is 283 g/mol. The number of hydrogen-bond donors (Lipinski definition) is 2. The van der Waals surface area contributed by atoms with E-state index in [1.54, 1.807) is 0 Å². The van der Waals surface area contributed by atoms with Gasteiger partial charge in [-0.15, -0.1) is 0 Å². The molecule has 2 N–H and O–H groups in total. The van der Waals surface area contributed by atoms with Crippen LogP contribution in [0.5, 0.6) is 0 Å². The maximum Gasteiger partial charge on any atom is 0.336 e. The first-order valence-electron chi connectivity index (χ1n) is 6.31. The quantitative estimate of drug-likeness (QED) is 0.818. The summed E-state index contributed by atoms with van der Waals surface area (Å²) >= 11 is 5.85. The minimum atomic E-state index is -0.175. The normalized spacial score (nSPS) is 17.9. The number of hydrazine groups is 1. The molecule has 1 aromatic rings. The summed E-state index contributed by atoms with van der Waals surface area (Å²) in [5.74, 6) is 0.340. The van der Waals surface area contributed by atoms with Crippen LogP contribution in [0.15, 0.2) is 12.4 Å². The van der Waals surface area contributed by atoms with E-state index >= 15 is 0 Å². The van der Waals surface area contributed by atoms with Gasteiger partial charge in [0, 0.05) is 24.5 Å². The van der Waals surface area contributed by atoms with Crippen molar-refractivity contribution in [3.8, 4) is 0 Å². The number of carbonyl (C=O) groups is 1. The lowest BCUT2D eigenvalue weighted by molar-refractivity contribution is 0.104. The van der Waals surface area contributed by atoms with Gasteiger partial charge in [0.25, 0.3) is 0 Å². The Balaban J connectivity index is 1.96. The summed E-state index contributed by atoms with van der Waals surface area (Å²) in [6, 6.07) is -0.175. The molecule has 0 bridgehead atoms. The molecule has 1 fully saturated rings. The second-order valence-electron chi connectivity index (χ2n) is 5.17. The summed E-state index contributed by atoms with van der Waals surface area (Å²) in [6.45, 7) is 4.90. The highest BCUT2D eigenvalue weighted by atomic mass is 35.5. The molecule has 1 aliphatic rings. The van der Waals surface area contributed by atoms with E-state index in [2.05, 4.69) is 34.7 Å². The van der Waals surface area contributed by atoms with Crippen LogP contribution in [-0.2, 0) is 0 Å². The highest BCUT2D eigenvalue weighted by Crippen LogP contribution is 2.27. The number of nitrogens with one attached hydrogen (secondary N) is 2. The zero-order chi connectivity index (χ0) is 13.9. The highest BCUT2D eigenvalue weighted by Gasteiger charge is 2.33. The lowest BCUT2D eigenvalue weighted by Crippen LogP contribution is -2.55. The van der Waals surface area contributed by atoms with Crippen molar-refractivity contribution in [3.63, 3.8) is 0 Å². The van der Waals surface area contributed by atoms with Crippen molar-refractivity contribution in [2.75, 3.05) is 12.0 Å². The SMILES string of the molecule is CC1(C)CCCCN1C(=O)NNc1nccnc1Cl. The summed E-state index contributed by atoms with van der Waals surface area (Å²) in [5.41, 5.74) is 5.19. The van der Waals surface area contributed by atoms with Crippen LogP contribution >= 0.6 is 11.6 Å². The molecule has 2 heterocycles. The zero-order valence-corrected chi connectivity index (χ0v) is 11.9. The van der Waals surface area contributed by atoms with Gasteiger partial charge in [-0.1, -0.05) is 11.6 Å². The van der Waals surface area contributed by atoms with Crippen molar-refractivity contribution < 1.29 is 4.79 Å². The van der Waals surface area contributed by atoms with Crippen LogP contribution in [0.4, 0.5) is 10.6 Å². The average molecular weight is 284 g/mol. The molecule has 0 aliphatic carbocycles. The molecule has 7 heteroatoms. The molecule has 1 aliphatic heterocycles. The first kappa shape index (κ1) is 13.9. The summed E-state index contributed by atoms with van der Waals surface area (Å²) in [6.07, 6.45) is 6.18. The minimum absolute atomic E-state index is 0.129. The van der Waals surface area contributed by atoms with Crippen LogP contribution in [0.3, 0.4) is 0 Å². The van der Waals surface area contributed by atoms with Gasteiger partial charge in [0.15, 0.2) is 11.0 Å². The van der Waals surface area contributed by atoms with Crippen molar-refractivity contribution in [1.29, 1.82) is 0 Å². The molecule has 1 aromatic heterocycles. The number of amides is 2. The first-order chi connectivity index (χ1) is 9.00. The third-order valence-corrected chi connectivity index (χ3v) is 3.61. The van der Waals surface area contributed by atoms with E-state index in [0.29, 0.717) is 5.82 Å². The molecule has 1 saturated heterocycles. The Morgan fingerprint density at radius 1 is 1.37 bits per heavy atom. The zero-order valence-electron chi connectivity index (χ0n) is 11.1. The second kappa shape index (κ2) is 5.61. The predicted octanol–water partition coefficient (Wildman–Crippen LogP) is 2.43. The van der Waals surface area contributed by atoms with Crippen molar-refractivity contribution in [3.05, 3.63) is 17.5 Å². The van der Waals surface area contributed by atoms with E-state index in [4.69, 9.17) is 11.6 Å². The number of anilines is 1. The van der Waals surface area contributed by atoms with E-state index in [0.717, 1.165) is 25.8 Å². The Labute approximate surface area is 117 Å². The third kappa shape index (κ3) is 3.26. The summed E-state index contributed by atoms with van der Waals surface area (Å²) in [5, 5.41) is 0.223. The van der Waals surface area contributed by atoms with Gasteiger partial charge in [-0.05, 0) is 33.1 Å². The first-order valence-corrected chi connectivity index (χ1v) is 6.69. The maximum atomic E-state index is 12.2. The number of aromatic nitrogens is 2.